The van der Waals surface area contributed by atoms with E-state index in [0.717, 1.165) is 42.6 Å². The molecule has 2 atom stereocenters. The summed E-state index contributed by atoms with van der Waals surface area (Å²) >= 11 is 0. The van der Waals surface area contributed by atoms with Crippen molar-refractivity contribution in [1.82, 2.24) is 14.9 Å². The number of rotatable bonds is 9. The lowest BCUT2D eigenvalue weighted by atomic mass is 9.94. The summed E-state index contributed by atoms with van der Waals surface area (Å²) < 4.78 is 25.5. The highest BCUT2D eigenvalue weighted by molar-refractivity contribution is 7.88. The molecule has 3 rings (SSSR count). The Hall–Kier alpha value is -2.22. The first-order chi connectivity index (χ1) is 14.3. The number of likely N-dealkylation sites (tertiary alicyclic amines) is 1. The highest BCUT2D eigenvalue weighted by Crippen LogP contribution is 2.23. The van der Waals surface area contributed by atoms with Gasteiger partial charge < -0.3 is 10.2 Å². The molecule has 2 unspecified atom stereocenters. The summed E-state index contributed by atoms with van der Waals surface area (Å²) in [6.07, 6.45) is 3.54. The Bertz CT molecular complexity index is 941. The van der Waals surface area contributed by atoms with Gasteiger partial charge in [0.2, 0.25) is 15.9 Å². The van der Waals surface area contributed by atoms with Crippen molar-refractivity contribution in [2.75, 3.05) is 25.9 Å². The highest BCUT2D eigenvalue weighted by Gasteiger charge is 2.24. The van der Waals surface area contributed by atoms with Crippen LogP contribution in [0.2, 0.25) is 0 Å². The first-order valence-electron chi connectivity index (χ1n) is 10.4. The maximum absolute atomic E-state index is 13.2. The average molecular weight is 430 g/mol. The van der Waals surface area contributed by atoms with E-state index in [0.29, 0.717) is 0 Å². The molecule has 1 amide bonds. The lowest BCUT2D eigenvalue weighted by Gasteiger charge is -2.27. The molecule has 1 heterocycles. The van der Waals surface area contributed by atoms with Gasteiger partial charge >= 0.3 is 0 Å². The third kappa shape index (κ3) is 6.39. The Morgan fingerprint density at radius 2 is 1.67 bits per heavy atom. The summed E-state index contributed by atoms with van der Waals surface area (Å²) in [4.78, 5) is 15.6. The third-order valence-electron chi connectivity index (χ3n) is 5.60. The van der Waals surface area contributed by atoms with Crippen molar-refractivity contribution in [1.29, 1.82) is 0 Å². The van der Waals surface area contributed by atoms with Crippen LogP contribution in [-0.2, 0) is 21.4 Å². The van der Waals surface area contributed by atoms with Crippen LogP contribution in [0, 0.1) is 0 Å². The molecule has 0 aliphatic carbocycles. The summed E-state index contributed by atoms with van der Waals surface area (Å²) in [5, 5.41) is 3.24. The number of sulfonamides is 1. The zero-order valence-electron chi connectivity index (χ0n) is 17.7. The standard InChI is InChI=1S/C23H31N3O3S/c1-18(21-13-7-6-12-20(21)16-24-30(2,28)29)23(27)25-22(17-26-14-8-9-15-26)19-10-4-3-5-11-19/h3-7,10-13,18,22,24H,8-9,14-17H2,1-2H3,(H,25,27). The quantitative estimate of drug-likeness (QED) is 0.643. The summed E-state index contributed by atoms with van der Waals surface area (Å²) in [6, 6.07) is 17.5. The molecule has 2 aromatic carbocycles. The molecule has 0 saturated carbocycles. The average Bonchev–Trinajstić information content (AvgIpc) is 3.24. The number of nitrogens with one attached hydrogen (secondary N) is 2. The van der Waals surface area contributed by atoms with E-state index in [2.05, 4.69) is 27.1 Å². The van der Waals surface area contributed by atoms with Crippen molar-refractivity contribution < 1.29 is 13.2 Å². The van der Waals surface area contributed by atoms with Crippen LogP contribution >= 0.6 is 0 Å². The second-order valence-corrected chi connectivity index (χ2v) is 9.83. The molecular formula is C23H31N3O3S. The molecular weight excluding hydrogens is 398 g/mol. The molecule has 162 valence electrons. The summed E-state index contributed by atoms with van der Waals surface area (Å²) in [5.41, 5.74) is 2.73. The second-order valence-electron chi connectivity index (χ2n) is 7.99. The number of benzene rings is 2. The van der Waals surface area contributed by atoms with E-state index in [4.69, 9.17) is 0 Å². The minimum absolute atomic E-state index is 0.0603. The summed E-state index contributed by atoms with van der Waals surface area (Å²) in [5.74, 6) is -0.456. The Balaban J connectivity index is 1.75. The lowest BCUT2D eigenvalue weighted by molar-refractivity contribution is -0.123. The van der Waals surface area contributed by atoms with E-state index in [-0.39, 0.29) is 18.5 Å². The summed E-state index contributed by atoms with van der Waals surface area (Å²) in [6.45, 7) is 4.96. The first kappa shape index (κ1) is 22.5. The maximum Gasteiger partial charge on any atom is 0.227 e. The van der Waals surface area contributed by atoms with E-state index in [1.807, 2.05) is 49.4 Å². The Morgan fingerprint density at radius 1 is 1.03 bits per heavy atom. The van der Waals surface area contributed by atoms with Crippen molar-refractivity contribution in [2.24, 2.45) is 0 Å². The van der Waals surface area contributed by atoms with Gasteiger partial charge in [-0.25, -0.2) is 13.1 Å². The van der Waals surface area contributed by atoms with Gasteiger partial charge in [0, 0.05) is 13.1 Å². The van der Waals surface area contributed by atoms with Crippen LogP contribution in [0.5, 0.6) is 0 Å². The van der Waals surface area contributed by atoms with E-state index < -0.39 is 15.9 Å². The van der Waals surface area contributed by atoms with Crippen molar-refractivity contribution in [2.45, 2.75) is 38.3 Å². The van der Waals surface area contributed by atoms with Gasteiger partial charge in [-0.1, -0.05) is 54.6 Å². The van der Waals surface area contributed by atoms with Crippen LogP contribution in [0.25, 0.3) is 0 Å². The van der Waals surface area contributed by atoms with Gasteiger partial charge in [0.1, 0.15) is 0 Å². The zero-order valence-corrected chi connectivity index (χ0v) is 18.5. The van der Waals surface area contributed by atoms with Crippen LogP contribution in [0.4, 0.5) is 0 Å². The van der Waals surface area contributed by atoms with Crippen LogP contribution < -0.4 is 10.0 Å². The Kier molecular flexibility index (Phi) is 7.64. The van der Waals surface area contributed by atoms with Crippen molar-refractivity contribution in [3.63, 3.8) is 0 Å². The third-order valence-corrected chi connectivity index (χ3v) is 6.27. The maximum atomic E-state index is 13.2. The fourth-order valence-corrected chi connectivity index (χ4v) is 4.33. The molecule has 0 aromatic heterocycles. The number of carbonyl (C=O) groups excluding carboxylic acids is 1. The predicted molar refractivity (Wildman–Crippen MR) is 120 cm³/mol. The van der Waals surface area contributed by atoms with E-state index in [1.54, 1.807) is 0 Å². The normalized spacial score (nSPS) is 16.9. The highest BCUT2D eigenvalue weighted by atomic mass is 32.2. The van der Waals surface area contributed by atoms with Gasteiger partial charge in [0.25, 0.3) is 0 Å². The SMILES string of the molecule is CC(C(=O)NC(CN1CCCC1)c1ccccc1)c1ccccc1CNS(C)(=O)=O. The van der Waals surface area contributed by atoms with Gasteiger partial charge in [-0.15, -0.1) is 0 Å². The zero-order chi connectivity index (χ0) is 21.6. The number of nitrogens with zero attached hydrogens (tertiary/aromatic N) is 1. The molecule has 1 aliphatic heterocycles. The molecule has 30 heavy (non-hydrogen) atoms. The Morgan fingerprint density at radius 3 is 2.33 bits per heavy atom. The number of amides is 1. The van der Waals surface area contributed by atoms with Crippen molar-refractivity contribution in [3.05, 3.63) is 71.3 Å². The minimum atomic E-state index is -3.31. The summed E-state index contributed by atoms with van der Waals surface area (Å²) in [7, 11) is -3.31. The predicted octanol–water partition coefficient (Wildman–Crippen LogP) is 2.79. The monoisotopic (exact) mass is 429 g/mol. The van der Waals surface area contributed by atoms with Gasteiger partial charge in [-0.05, 0) is 49.5 Å². The first-order valence-corrected chi connectivity index (χ1v) is 12.3. The number of hydrogen-bond acceptors (Lipinski definition) is 4. The van der Waals surface area contributed by atoms with Crippen molar-refractivity contribution in [3.8, 4) is 0 Å². The lowest BCUT2D eigenvalue weighted by Crippen LogP contribution is -2.39. The second kappa shape index (κ2) is 10.2. The molecule has 2 N–H and O–H groups in total. The molecule has 7 heteroatoms. The van der Waals surface area contributed by atoms with Gasteiger partial charge in [0.15, 0.2) is 0 Å². The Labute approximate surface area is 179 Å². The molecule has 1 fully saturated rings. The van der Waals surface area contributed by atoms with Crippen LogP contribution in [0.15, 0.2) is 54.6 Å². The van der Waals surface area contributed by atoms with Crippen molar-refractivity contribution >= 4 is 15.9 Å². The molecule has 1 aliphatic rings. The van der Waals surface area contributed by atoms with E-state index in [1.165, 1.54) is 12.8 Å². The van der Waals surface area contributed by atoms with E-state index in [9.17, 15) is 13.2 Å². The van der Waals surface area contributed by atoms with Gasteiger partial charge in [0.05, 0.1) is 18.2 Å². The van der Waals surface area contributed by atoms with Gasteiger partial charge in [-0.3, -0.25) is 4.79 Å². The molecule has 2 aromatic rings. The minimum Gasteiger partial charge on any atom is -0.347 e. The molecule has 6 nitrogen and oxygen atoms in total. The fraction of sp³-hybridized carbons (Fsp3) is 0.435. The van der Waals surface area contributed by atoms with Crippen LogP contribution in [-0.4, -0.2) is 45.1 Å². The van der Waals surface area contributed by atoms with Crippen LogP contribution in [0.3, 0.4) is 0 Å². The van der Waals surface area contributed by atoms with Crippen LogP contribution in [0.1, 0.15) is 48.4 Å². The molecule has 0 bridgehead atoms. The fourth-order valence-electron chi connectivity index (χ4n) is 3.91. The largest absolute Gasteiger partial charge is 0.347 e. The smallest absolute Gasteiger partial charge is 0.227 e. The number of hydrogen-bond donors (Lipinski definition) is 2. The molecule has 1 saturated heterocycles. The molecule has 0 spiro atoms. The number of carbonyl (C=O) groups is 1. The molecule has 0 radical (unpaired) electrons. The van der Waals surface area contributed by atoms with E-state index >= 15 is 0 Å². The topological polar surface area (TPSA) is 78.5 Å². The van der Waals surface area contributed by atoms with Gasteiger partial charge in [-0.2, -0.15) is 0 Å².